The predicted molar refractivity (Wildman–Crippen MR) is 79.7 cm³/mol. The van der Waals surface area contributed by atoms with Gasteiger partial charge in [0.1, 0.15) is 0 Å². The summed E-state index contributed by atoms with van der Waals surface area (Å²) in [5.74, 6) is 0. The van der Waals surface area contributed by atoms with E-state index in [1.807, 2.05) is 6.92 Å². The van der Waals surface area contributed by atoms with Crippen molar-refractivity contribution in [2.75, 3.05) is 27.3 Å². The molecule has 4 nitrogen and oxygen atoms in total. The Kier molecular flexibility index (Phi) is 5.52. The molecule has 0 radical (unpaired) electrons. The molecule has 2 rings (SSSR count). The molecule has 0 saturated carbocycles. The fourth-order valence-corrected chi connectivity index (χ4v) is 2.59. The highest BCUT2D eigenvalue weighted by Crippen LogP contribution is 2.25. The summed E-state index contributed by atoms with van der Waals surface area (Å²) in [5.41, 5.74) is 3.38. The molecule has 0 spiro atoms. The standard InChI is InChI=1S/C16H26N2O2/c1-12-5-6-15(16(17-12)11-18(3)4)13(2)20-14-7-9-19-10-8-14/h5-6,13-14H,7-11H2,1-4H3/t13-/m1/s1. The van der Waals surface area contributed by atoms with E-state index in [9.17, 15) is 0 Å². The van der Waals surface area contributed by atoms with Crippen LogP contribution < -0.4 is 0 Å². The van der Waals surface area contributed by atoms with Gasteiger partial charge in [-0.1, -0.05) is 6.07 Å². The molecule has 0 bridgehead atoms. The highest BCUT2D eigenvalue weighted by Gasteiger charge is 2.20. The molecule has 1 aliphatic heterocycles. The first kappa shape index (κ1) is 15.4. The largest absolute Gasteiger partial charge is 0.381 e. The van der Waals surface area contributed by atoms with E-state index in [0.717, 1.165) is 44.0 Å². The Labute approximate surface area is 122 Å². The normalized spacial score (nSPS) is 18.4. The van der Waals surface area contributed by atoms with Crippen LogP contribution in [0.1, 0.15) is 42.8 Å². The number of ether oxygens (including phenoxy) is 2. The average molecular weight is 278 g/mol. The van der Waals surface area contributed by atoms with Crippen LogP contribution in [-0.2, 0) is 16.0 Å². The predicted octanol–water partition coefficient (Wildman–Crippen LogP) is 2.71. The third-order valence-corrected chi connectivity index (χ3v) is 3.62. The van der Waals surface area contributed by atoms with Crippen LogP contribution in [0, 0.1) is 6.92 Å². The van der Waals surface area contributed by atoms with Crippen LogP contribution in [0.5, 0.6) is 0 Å². The quantitative estimate of drug-likeness (QED) is 0.829. The summed E-state index contributed by atoms with van der Waals surface area (Å²) >= 11 is 0. The second kappa shape index (κ2) is 7.16. The van der Waals surface area contributed by atoms with Crippen molar-refractivity contribution >= 4 is 0 Å². The summed E-state index contributed by atoms with van der Waals surface area (Å²) < 4.78 is 11.6. The fourth-order valence-electron chi connectivity index (χ4n) is 2.59. The number of hydrogen-bond acceptors (Lipinski definition) is 4. The molecule has 112 valence electrons. The zero-order valence-electron chi connectivity index (χ0n) is 13.1. The van der Waals surface area contributed by atoms with Gasteiger partial charge in [-0.3, -0.25) is 4.98 Å². The Hall–Kier alpha value is -0.970. The maximum Gasteiger partial charge on any atom is 0.0818 e. The Bertz CT molecular complexity index is 428. The first-order chi connectivity index (χ1) is 9.56. The summed E-state index contributed by atoms with van der Waals surface area (Å²) in [6, 6.07) is 4.23. The van der Waals surface area contributed by atoms with Crippen molar-refractivity contribution in [3.63, 3.8) is 0 Å². The molecule has 0 unspecified atom stereocenters. The number of aromatic nitrogens is 1. The van der Waals surface area contributed by atoms with Crippen molar-refractivity contribution in [3.05, 3.63) is 29.1 Å². The molecule has 0 amide bonds. The zero-order chi connectivity index (χ0) is 14.5. The molecule has 0 N–H and O–H groups in total. The van der Waals surface area contributed by atoms with Crippen molar-refractivity contribution < 1.29 is 9.47 Å². The van der Waals surface area contributed by atoms with E-state index in [1.54, 1.807) is 0 Å². The molecule has 1 aliphatic rings. The third-order valence-electron chi connectivity index (χ3n) is 3.62. The molecule has 1 aromatic rings. The van der Waals surface area contributed by atoms with E-state index in [2.05, 4.69) is 43.0 Å². The molecule has 1 saturated heterocycles. The van der Waals surface area contributed by atoms with Crippen molar-refractivity contribution in [2.45, 2.75) is 45.4 Å². The van der Waals surface area contributed by atoms with Gasteiger partial charge in [0.25, 0.3) is 0 Å². The van der Waals surface area contributed by atoms with Gasteiger partial charge in [-0.15, -0.1) is 0 Å². The van der Waals surface area contributed by atoms with E-state index in [4.69, 9.17) is 9.47 Å². The molecule has 0 aromatic carbocycles. The minimum atomic E-state index is 0.0844. The van der Waals surface area contributed by atoms with Gasteiger partial charge in [0.15, 0.2) is 0 Å². The van der Waals surface area contributed by atoms with E-state index >= 15 is 0 Å². The van der Waals surface area contributed by atoms with Crippen LogP contribution in [0.25, 0.3) is 0 Å². The molecule has 2 heterocycles. The van der Waals surface area contributed by atoms with Crippen molar-refractivity contribution in [1.29, 1.82) is 0 Å². The van der Waals surface area contributed by atoms with Crippen LogP contribution in [0.4, 0.5) is 0 Å². The summed E-state index contributed by atoms with van der Waals surface area (Å²) in [5, 5.41) is 0. The van der Waals surface area contributed by atoms with Crippen molar-refractivity contribution in [3.8, 4) is 0 Å². The van der Waals surface area contributed by atoms with Gasteiger partial charge in [-0.25, -0.2) is 0 Å². The molecule has 4 heteroatoms. The Morgan fingerprint density at radius 1 is 1.35 bits per heavy atom. The zero-order valence-corrected chi connectivity index (χ0v) is 13.1. The Balaban J connectivity index is 2.09. The van der Waals surface area contributed by atoms with Gasteiger partial charge in [0.05, 0.1) is 17.9 Å². The third kappa shape index (κ3) is 4.27. The maximum absolute atomic E-state index is 6.20. The lowest BCUT2D eigenvalue weighted by Gasteiger charge is -2.27. The maximum atomic E-state index is 6.20. The second-order valence-electron chi connectivity index (χ2n) is 5.82. The molecule has 1 fully saturated rings. The lowest BCUT2D eigenvalue weighted by Crippen LogP contribution is -2.25. The fraction of sp³-hybridized carbons (Fsp3) is 0.688. The van der Waals surface area contributed by atoms with Gasteiger partial charge < -0.3 is 14.4 Å². The smallest absolute Gasteiger partial charge is 0.0818 e. The van der Waals surface area contributed by atoms with Gasteiger partial charge in [-0.2, -0.15) is 0 Å². The minimum Gasteiger partial charge on any atom is -0.381 e. The average Bonchev–Trinajstić information content (AvgIpc) is 2.39. The SMILES string of the molecule is Cc1ccc([C@@H](C)OC2CCOCC2)c(CN(C)C)n1. The van der Waals surface area contributed by atoms with Crippen molar-refractivity contribution in [2.24, 2.45) is 0 Å². The Morgan fingerprint density at radius 3 is 2.70 bits per heavy atom. The molecule has 0 aliphatic carbocycles. The van der Waals surface area contributed by atoms with E-state index in [0.29, 0.717) is 6.10 Å². The molecule has 1 atom stereocenters. The summed E-state index contributed by atoms with van der Waals surface area (Å²) in [6.07, 6.45) is 2.38. The van der Waals surface area contributed by atoms with E-state index in [1.165, 1.54) is 5.56 Å². The number of nitrogens with zero attached hydrogens (tertiary/aromatic N) is 2. The Morgan fingerprint density at radius 2 is 2.05 bits per heavy atom. The van der Waals surface area contributed by atoms with Gasteiger partial charge in [-0.05, 0) is 46.9 Å². The number of rotatable bonds is 5. The second-order valence-corrected chi connectivity index (χ2v) is 5.82. The first-order valence-electron chi connectivity index (χ1n) is 7.40. The molecular formula is C16H26N2O2. The highest BCUT2D eigenvalue weighted by molar-refractivity contribution is 5.25. The lowest BCUT2D eigenvalue weighted by atomic mass is 10.1. The molecule has 20 heavy (non-hydrogen) atoms. The van der Waals surface area contributed by atoms with E-state index in [-0.39, 0.29) is 6.10 Å². The van der Waals surface area contributed by atoms with Gasteiger partial charge in [0.2, 0.25) is 0 Å². The summed E-state index contributed by atoms with van der Waals surface area (Å²) in [4.78, 5) is 6.83. The minimum absolute atomic E-state index is 0.0844. The van der Waals surface area contributed by atoms with Crippen LogP contribution in [0.2, 0.25) is 0 Å². The van der Waals surface area contributed by atoms with Crippen LogP contribution in [-0.4, -0.2) is 43.3 Å². The summed E-state index contributed by atoms with van der Waals surface area (Å²) in [7, 11) is 4.13. The number of pyridine rings is 1. The summed E-state index contributed by atoms with van der Waals surface area (Å²) in [6.45, 7) is 6.63. The van der Waals surface area contributed by atoms with Crippen LogP contribution in [0.15, 0.2) is 12.1 Å². The highest BCUT2D eigenvalue weighted by atomic mass is 16.5. The van der Waals surface area contributed by atoms with Crippen LogP contribution >= 0.6 is 0 Å². The number of hydrogen-bond donors (Lipinski definition) is 0. The topological polar surface area (TPSA) is 34.6 Å². The van der Waals surface area contributed by atoms with Gasteiger partial charge in [0, 0.05) is 31.0 Å². The molecule has 1 aromatic heterocycles. The van der Waals surface area contributed by atoms with Crippen LogP contribution in [0.3, 0.4) is 0 Å². The lowest BCUT2D eigenvalue weighted by molar-refractivity contribution is -0.0640. The first-order valence-corrected chi connectivity index (χ1v) is 7.40. The molecular weight excluding hydrogens is 252 g/mol. The number of aryl methyl sites for hydroxylation is 1. The monoisotopic (exact) mass is 278 g/mol. The van der Waals surface area contributed by atoms with Crippen molar-refractivity contribution in [1.82, 2.24) is 9.88 Å². The van der Waals surface area contributed by atoms with Gasteiger partial charge >= 0.3 is 0 Å². The van der Waals surface area contributed by atoms with E-state index < -0.39 is 0 Å².